The lowest BCUT2D eigenvalue weighted by Gasteiger charge is -2.28. The molecule has 2 heteroatoms. The highest BCUT2D eigenvalue weighted by Crippen LogP contribution is 2.20. The minimum absolute atomic E-state index is 0.530. The number of nitrogens with one attached hydrogen (secondary N) is 1. The quantitative estimate of drug-likeness (QED) is 0.618. The van der Waals surface area contributed by atoms with Crippen molar-refractivity contribution in [2.45, 2.75) is 83.3 Å². The van der Waals surface area contributed by atoms with Gasteiger partial charge in [0.2, 0.25) is 0 Å². The van der Waals surface area contributed by atoms with Crippen molar-refractivity contribution in [1.29, 1.82) is 0 Å². The summed E-state index contributed by atoms with van der Waals surface area (Å²) in [4.78, 5) is 0. The zero-order valence-corrected chi connectivity index (χ0v) is 11.8. The molecule has 0 radical (unpaired) electrons. The van der Waals surface area contributed by atoms with Crippen LogP contribution in [0.25, 0.3) is 0 Å². The van der Waals surface area contributed by atoms with Gasteiger partial charge < -0.3 is 10.1 Å². The van der Waals surface area contributed by atoms with Crippen LogP contribution in [-0.2, 0) is 4.74 Å². The van der Waals surface area contributed by atoms with E-state index in [-0.39, 0.29) is 0 Å². The van der Waals surface area contributed by atoms with Gasteiger partial charge in [-0.25, -0.2) is 0 Å². The summed E-state index contributed by atoms with van der Waals surface area (Å²) in [5, 5.41) is 3.70. The van der Waals surface area contributed by atoms with Gasteiger partial charge in [-0.1, -0.05) is 39.0 Å². The summed E-state index contributed by atoms with van der Waals surface area (Å²) in [6.07, 6.45) is 14.0. The first-order valence-corrected chi connectivity index (χ1v) is 7.63. The van der Waals surface area contributed by atoms with Crippen molar-refractivity contribution in [1.82, 2.24) is 5.32 Å². The van der Waals surface area contributed by atoms with E-state index in [1.807, 2.05) is 7.11 Å². The molecule has 2 nitrogen and oxygen atoms in total. The normalized spacial score (nSPS) is 25.1. The fraction of sp³-hybridized carbons (Fsp3) is 1.00. The van der Waals surface area contributed by atoms with Gasteiger partial charge >= 0.3 is 0 Å². The van der Waals surface area contributed by atoms with Gasteiger partial charge in [-0.15, -0.1) is 0 Å². The fourth-order valence-electron chi connectivity index (χ4n) is 2.71. The van der Waals surface area contributed by atoms with Gasteiger partial charge in [0.1, 0.15) is 0 Å². The number of ether oxygens (including phenoxy) is 1. The van der Waals surface area contributed by atoms with Gasteiger partial charge in [0.25, 0.3) is 0 Å². The number of methoxy groups -OCH3 is 1. The molecule has 0 saturated heterocycles. The molecule has 102 valence electrons. The van der Waals surface area contributed by atoms with Crippen molar-refractivity contribution < 1.29 is 4.74 Å². The van der Waals surface area contributed by atoms with Crippen molar-refractivity contribution in [2.75, 3.05) is 13.7 Å². The monoisotopic (exact) mass is 241 g/mol. The Morgan fingerprint density at radius 1 is 0.941 bits per heavy atom. The number of rotatable bonds is 9. The topological polar surface area (TPSA) is 21.3 Å². The zero-order chi connectivity index (χ0) is 12.3. The molecule has 1 saturated carbocycles. The molecule has 0 aromatic heterocycles. The Bertz CT molecular complexity index is 164. The predicted octanol–water partition coefficient (Wildman–Crippen LogP) is 3.89. The molecule has 1 rings (SSSR count). The number of hydrogen-bond donors (Lipinski definition) is 1. The highest BCUT2D eigenvalue weighted by Gasteiger charge is 2.19. The Morgan fingerprint density at radius 3 is 2.24 bits per heavy atom. The van der Waals surface area contributed by atoms with Gasteiger partial charge in [-0.2, -0.15) is 0 Å². The third-order valence-corrected chi connectivity index (χ3v) is 3.97. The first kappa shape index (κ1) is 15.0. The van der Waals surface area contributed by atoms with Crippen LogP contribution in [0.1, 0.15) is 71.1 Å². The van der Waals surface area contributed by atoms with E-state index in [0.29, 0.717) is 6.10 Å². The van der Waals surface area contributed by atoms with Crippen LogP contribution in [0.4, 0.5) is 0 Å². The smallest absolute Gasteiger partial charge is 0.0572 e. The van der Waals surface area contributed by atoms with Crippen LogP contribution in [-0.4, -0.2) is 25.8 Å². The lowest BCUT2D eigenvalue weighted by molar-refractivity contribution is 0.0625. The van der Waals surface area contributed by atoms with Crippen LogP contribution in [0.15, 0.2) is 0 Å². The molecular formula is C15H31NO. The number of hydrogen-bond acceptors (Lipinski definition) is 2. The first-order chi connectivity index (χ1) is 8.36. The third-order valence-electron chi connectivity index (χ3n) is 3.97. The average Bonchev–Trinajstić information content (AvgIpc) is 2.38. The minimum Gasteiger partial charge on any atom is -0.381 e. The molecule has 0 amide bonds. The lowest BCUT2D eigenvalue weighted by atomic mass is 9.93. The molecule has 0 aromatic rings. The Balaban J connectivity index is 1.87. The summed E-state index contributed by atoms with van der Waals surface area (Å²) < 4.78 is 5.39. The Hall–Kier alpha value is -0.0800. The molecule has 1 aliphatic rings. The first-order valence-electron chi connectivity index (χ1n) is 7.63. The molecule has 0 spiro atoms. The maximum absolute atomic E-state index is 5.39. The molecule has 0 unspecified atom stereocenters. The number of unbranched alkanes of at least 4 members (excludes halogenated alkanes) is 5. The van der Waals surface area contributed by atoms with Gasteiger partial charge in [0, 0.05) is 13.2 Å². The second-order valence-electron chi connectivity index (χ2n) is 5.43. The zero-order valence-electron chi connectivity index (χ0n) is 11.8. The Labute approximate surface area is 108 Å². The molecule has 1 aliphatic carbocycles. The van der Waals surface area contributed by atoms with Crippen LogP contribution in [0.2, 0.25) is 0 Å². The molecule has 0 aromatic carbocycles. The van der Waals surface area contributed by atoms with Crippen molar-refractivity contribution in [2.24, 2.45) is 0 Å². The summed E-state index contributed by atoms with van der Waals surface area (Å²) >= 11 is 0. The largest absolute Gasteiger partial charge is 0.381 e. The molecule has 0 heterocycles. The molecular weight excluding hydrogens is 210 g/mol. The van der Waals surface area contributed by atoms with E-state index in [9.17, 15) is 0 Å². The Morgan fingerprint density at radius 2 is 1.59 bits per heavy atom. The van der Waals surface area contributed by atoms with E-state index in [4.69, 9.17) is 4.74 Å². The minimum atomic E-state index is 0.530. The summed E-state index contributed by atoms with van der Waals surface area (Å²) in [7, 11) is 1.84. The third kappa shape index (κ3) is 7.05. The summed E-state index contributed by atoms with van der Waals surface area (Å²) in [5.41, 5.74) is 0. The molecule has 0 aliphatic heterocycles. The van der Waals surface area contributed by atoms with Gasteiger partial charge in [-0.3, -0.25) is 0 Å². The predicted molar refractivity (Wildman–Crippen MR) is 74.4 cm³/mol. The Kier molecular flexibility index (Phi) is 8.72. The maximum Gasteiger partial charge on any atom is 0.0572 e. The van der Waals surface area contributed by atoms with Gasteiger partial charge in [-0.05, 0) is 38.6 Å². The highest BCUT2D eigenvalue weighted by atomic mass is 16.5. The van der Waals surface area contributed by atoms with Crippen LogP contribution < -0.4 is 5.32 Å². The van der Waals surface area contributed by atoms with Crippen LogP contribution in [0.5, 0.6) is 0 Å². The van der Waals surface area contributed by atoms with Crippen molar-refractivity contribution >= 4 is 0 Å². The molecule has 0 atom stereocenters. The maximum atomic E-state index is 5.39. The second kappa shape index (κ2) is 9.90. The van der Waals surface area contributed by atoms with Crippen molar-refractivity contribution in [3.05, 3.63) is 0 Å². The lowest BCUT2D eigenvalue weighted by Crippen LogP contribution is -2.35. The van der Waals surface area contributed by atoms with E-state index < -0.39 is 0 Å². The summed E-state index contributed by atoms with van der Waals surface area (Å²) in [6.45, 7) is 3.49. The van der Waals surface area contributed by atoms with E-state index in [1.54, 1.807) is 0 Å². The highest BCUT2D eigenvalue weighted by molar-refractivity contribution is 4.77. The molecule has 1 N–H and O–H groups in total. The molecule has 1 fully saturated rings. The molecule has 0 bridgehead atoms. The SMILES string of the molecule is CCCCCCCCN[C@H]1CC[C@H](OC)CC1. The standard InChI is InChI=1S/C15H31NO/c1-3-4-5-6-7-8-13-16-14-9-11-15(17-2)12-10-14/h14-16H,3-13H2,1-2H3/t14-,15-. The van der Waals surface area contributed by atoms with E-state index in [2.05, 4.69) is 12.2 Å². The fourth-order valence-corrected chi connectivity index (χ4v) is 2.71. The van der Waals surface area contributed by atoms with Crippen molar-refractivity contribution in [3.8, 4) is 0 Å². The van der Waals surface area contributed by atoms with Crippen LogP contribution in [0.3, 0.4) is 0 Å². The van der Waals surface area contributed by atoms with Crippen molar-refractivity contribution in [3.63, 3.8) is 0 Å². The second-order valence-corrected chi connectivity index (χ2v) is 5.43. The summed E-state index contributed by atoms with van der Waals surface area (Å²) in [6, 6.07) is 0.761. The molecule has 17 heavy (non-hydrogen) atoms. The van der Waals surface area contributed by atoms with Crippen LogP contribution in [0, 0.1) is 0 Å². The van der Waals surface area contributed by atoms with Gasteiger partial charge in [0.05, 0.1) is 6.10 Å². The van der Waals surface area contributed by atoms with Gasteiger partial charge in [0.15, 0.2) is 0 Å². The van der Waals surface area contributed by atoms with E-state index in [1.165, 1.54) is 70.8 Å². The summed E-state index contributed by atoms with van der Waals surface area (Å²) in [5.74, 6) is 0. The van der Waals surface area contributed by atoms with E-state index >= 15 is 0 Å². The average molecular weight is 241 g/mol. The van der Waals surface area contributed by atoms with E-state index in [0.717, 1.165) is 6.04 Å². The van der Waals surface area contributed by atoms with Crippen LogP contribution >= 0.6 is 0 Å².